The van der Waals surface area contributed by atoms with E-state index in [4.69, 9.17) is 0 Å². The van der Waals surface area contributed by atoms with Gasteiger partial charge in [-0.2, -0.15) is 5.10 Å². The third-order valence-corrected chi connectivity index (χ3v) is 3.04. The second-order valence-corrected chi connectivity index (χ2v) is 3.93. The van der Waals surface area contributed by atoms with E-state index >= 15 is 0 Å². The lowest BCUT2D eigenvalue weighted by Gasteiger charge is -1.82. The average molecular weight is 200 g/mol. The van der Waals surface area contributed by atoms with Crippen LogP contribution in [-0.2, 0) is 0 Å². The van der Waals surface area contributed by atoms with E-state index in [1.165, 1.54) is 4.70 Å². The first-order valence-corrected chi connectivity index (χ1v) is 5.02. The largest absolute Gasteiger partial charge is 0.276 e. The lowest BCUT2D eigenvalue weighted by molar-refractivity contribution is 1.08. The number of aromatic nitrogens is 3. The molecule has 1 radical (unpaired) electrons. The third-order valence-electron chi connectivity index (χ3n) is 1.97. The molecule has 1 aromatic carbocycles. The highest BCUT2D eigenvalue weighted by Crippen LogP contribution is 2.28. The third kappa shape index (κ3) is 1.12. The zero-order valence-electron chi connectivity index (χ0n) is 7.19. The number of H-pyrrole nitrogens is 1. The molecule has 0 unspecified atom stereocenters. The van der Waals surface area contributed by atoms with E-state index in [2.05, 4.69) is 27.4 Å². The summed E-state index contributed by atoms with van der Waals surface area (Å²) in [6.07, 6.45) is 4.66. The molecule has 2 heterocycles. The Balaban J connectivity index is 2.24. The number of benzene rings is 1. The van der Waals surface area contributed by atoms with E-state index in [1.54, 1.807) is 17.5 Å². The molecule has 0 aliphatic heterocycles. The standard InChI is InChI=1S/C10H6N3S/c1-2-4-9-8(3-1)13-10(14-9)7-5-11-12-6-7/h1-5H,(H,11,12). The van der Waals surface area contributed by atoms with Crippen molar-refractivity contribution in [2.24, 2.45) is 0 Å². The van der Waals surface area contributed by atoms with Crippen LogP contribution in [0.1, 0.15) is 0 Å². The molecule has 0 bridgehead atoms. The van der Waals surface area contributed by atoms with Crippen molar-refractivity contribution in [2.45, 2.75) is 0 Å². The molecule has 1 N–H and O–H groups in total. The summed E-state index contributed by atoms with van der Waals surface area (Å²) in [6.45, 7) is 0. The van der Waals surface area contributed by atoms with Gasteiger partial charge >= 0.3 is 0 Å². The van der Waals surface area contributed by atoms with Crippen molar-refractivity contribution in [3.63, 3.8) is 0 Å². The number of rotatable bonds is 1. The van der Waals surface area contributed by atoms with Gasteiger partial charge in [0.25, 0.3) is 0 Å². The first kappa shape index (κ1) is 7.70. The van der Waals surface area contributed by atoms with Crippen molar-refractivity contribution >= 4 is 21.6 Å². The SMILES string of the molecule is [c]1[nH]ncc1-c1nc2ccccc2s1. The van der Waals surface area contributed by atoms with E-state index in [-0.39, 0.29) is 0 Å². The van der Waals surface area contributed by atoms with Gasteiger partial charge in [-0.05, 0) is 12.1 Å². The topological polar surface area (TPSA) is 41.6 Å². The van der Waals surface area contributed by atoms with E-state index in [1.807, 2.05) is 18.2 Å². The molecular formula is C10H6N3S. The number of fused-ring (bicyclic) bond motifs is 1. The van der Waals surface area contributed by atoms with Crippen LogP contribution < -0.4 is 0 Å². The number of hydrogen-bond donors (Lipinski definition) is 1. The van der Waals surface area contributed by atoms with Crippen LogP contribution >= 0.6 is 11.3 Å². The van der Waals surface area contributed by atoms with E-state index < -0.39 is 0 Å². The Labute approximate surface area is 84.4 Å². The van der Waals surface area contributed by atoms with Crippen molar-refractivity contribution < 1.29 is 0 Å². The second kappa shape index (κ2) is 2.92. The predicted molar refractivity (Wildman–Crippen MR) is 56.0 cm³/mol. The van der Waals surface area contributed by atoms with Gasteiger partial charge in [-0.3, -0.25) is 5.10 Å². The molecule has 0 atom stereocenters. The molecule has 3 rings (SSSR count). The quantitative estimate of drug-likeness (QED) is 0.655. The molecule has 0 saturated carbocycles. The minimum absolute atomic E-state index is 0.922. The predicted octanol–water partition coefficient (Wildman–Crippen LogP) is 2.49. The van der Waals surface area contributed by atoms with Gasteiger partial charge in [0.15, 0.2) is 0 Å². The van der Waals surface area contributed by atoms with Crippen LogP contribution in [0.25, 0.3) is 20.8 Å². The molecule has 0 amide bonds. The summed E-state index contributed by atoms with van der Waals surface area (Å²) < 4.78 is 1.19. The molecular weight excluding hydrogens is 194 g/mol. The molecule has 0 fully saturated rings. The van der Waals surface area contributed by atoms with E-state index in [0.717, 1.165) is 16.1 Å². The lowest BCUT2D eigenvalue weighted by atomic mass is 10.3. The van der Waals surface area contributed by atoms with Crippen molar-refractivity contribution in [2.75, 3.05) is 0 Å². The van der Waals surface area contributed by atoms with Crippen LogP contribution in [0.4, 0.5) is 0 Å². The molecule has 2 aromatic heterocycles. The van der Waals surface area contributed by atoms with Crippen molar-refractivity contribution in [3.8, 4) is 10.6 Å². The Morgan fingerprint density at radius 1 is 1.29 bits per heavy atom. The number of nitrogens with one attached hydrogen (secondary N) is 1. The fourth-order valence-electron chi connectivity index (χ4n) is 1.32. The Kier molecular flexibility index (Phi) is 1.61. The number of hydrogen-bond acceptors (Lipinski definition) is 3. The first-order valence-electron chi connectivity index (χ1n) is 4.20. The van der Waals surface area contributed by atoms with Gasteiger partial charge in [0.2, 0.25) is 0 Å². The molecule has 0 aliphatic rings. The van der Waals surface area contributed by atoms with Gasteiger partial charge < -0.3 is 0 Å². The molecule has 67 valence electrons. The lowest BCUT2D eigenvalue weighted by Crippen LogP contribution is -1.69. The molecule has 0 saturated heterocycles. The van der Waals surface area contributed by atoms with Gasteiger partial charge in [0.1, 0.15) is 5.01 Å². The van der Waals surface area contributed by atoms with Gasteiger partial charge in [-0.1, -0.05) is 12.1 Å². The maximum atomic E-state index is 4.48. The van der Waals surface area contributed by atoms with Crippen molar-refractivity contribution in [1.29, 1.82) is 0 Å². The monoisotopic (exact) mass is 200 g/mol. The Hall–Kier alpha value is -1.68. The van der Waals surface area contributed by atoms with Crippen molar-refractivity contribution in [3.05, 3.63) is 36.7 Å². The van der Waals surface area contributed by atoms with Crippen LogP contribution in [0.3, 0.4) is 0 Å². The normalized spacial score (nSPS) is 10.9. The van der Waals surface area contributed by atoms with E-state index in [0.29, 0.717) is 0 Å². The highest BCUT2D eigenvalue weighted by Gasteiger charge is 2.05. The van der Waals surface area contributed by atoms with Crippen LogP contribution in [0.2, 0.25) is 0 Å². The molecule has 4 heteroatoms. The number of nitrogens with zero attached hydrogens (tertiary/aromatic N) is 2. The molecule has 0 aliphatic carbocycles. The summed E-state index contributed by atoms with van der Waals surface area (Å²) in [5.74, 6) is 0. The number of aromatic amines is 1. The first-order chi connectivity index (χ1) is 6.93. The minimum Gasteiger partial charge on any atom is -0.276 e. The highest BCUT2D eigenvalue weighted by molar-refractivity contribution is 7.21. The van der Waals surface area contributed by atoms with E-state index in [9.17, 15) is 0 Å². The second-order valence-electron chi connectivity index (χ2n) is 2.90. The fraction of sp³-hybridized carbons (Fsp3) is 0. The van der Waals surface area contributed by atoms with Gasteiger partial charge in [-0.15, -0.1) is 11.3 Å². The summed E-state index contributed by atoms with van der Waals surface area (Å²) in [7, 11) is 0. The molecule has 14 heavy (non-hydrogen) atoms. The zero-order chi connectivity index (χ0) is 9.38. The fourth-order valence-corrected chi connectivity index (χ4v) is 2.25. The average Bonchev–Trinajstić information content (AvgIpc) is 2.86. The van der Waals surface area contributed by atoms with Gasteiger partial charge in [-0.25, -0.2) is 4.98 Å². The van der Waals surface area contributed by atoms with Gasteiger partial charge in [0.05, 0.1) is 28.2 Å². The summed E-state index contributed by atoms with van der Waals surface area (Å²) in [5, 5.41) is 7.48. The zero-order valence-corrected chi connectivity index (χ0v) is 8.01. The summed E-state index contributed by atoms with van der Waals surface area (Å²) in [5.41, 5.74) is 1.95. The number of para-hydroxylation sites is 1. The Bertz CT molecular complexity index is 521. The Morgan fingerprint density at radius 3 is 3.00 bits per heavy atom. The van der Waals surface area contributed by atoms with Crippen LogP contribution in [0.15, 0.2) is 30.5 Å². The smallest absolute Gasteiger partial charge is 0.128 e. The summed E-state index contributed by atoms with van der Waals surface area (Å²) in [4.78, 5) is 4.48. The highest BCUT2D eigenvalue weighted by atomic mass is 32.1. The summed E-state index contributed by atoms with van der Waals surface area (Å²) in [6, 6.07) is 8.08. The molecule has 0 spiro atoms. The molecule has 3 aromatic rings. The van der Waals surface area contributed by atoms with Crippen LogP contribution in [0.5, 0.6) is 0 Å². The van der Waals surface area contributed by atoms with Gasteiger partial charge in [0, 0.05) is 0 Å². The minimum atomic E-state index is 0.922. The maximum Gasteiger partial charge on any atom is 0.128 e. The van der Waals surface area contributed by atoms with Crippen LogP contribution in [0, 0.1) is 6.20 Å². The molecule has 3 nitrogen and oxygen atoms in total. The maximum absolute atomic E-state index is 4.48. The Morgan fingerprint density at radius 2 is 2.21 bits per heavy atom. The number of thiazole rings is 1. The van der Waals surface area contributed by atoms with Crippen molar-refractivity contribution in [1.82, 2.24) is 15.2 Å². The van der Waals surface area contributed by atoms with Crippen LogP contribution in [-0.4, -0.2) is 15.2 Å². The summed E-state index contributed by atoms with van der Waals surface area (Å²) >= 11 is 1.65.